The largest absolute Gasteiger partial charge is 0.348 e. The molecule has 1 saturated heterocycles. The third-order valence-electron chi connectivity index (χ3n) is 7.54. The van der Waals surface area contributed by atoms with Gasteiger partial charge in [0.2, 0.25) is 0 Å². The summed E-state index contributed by atoms with van der Waals surface area (Å²) in [5.41, 5.74) is 0.957. The number of nitrogens with zero attached hydrogens (tertiary/aromatic N) is 2. The summed E-state index contributed by atoms with van der Waals surface area (Å²) in [6.45, 7) is 3.03. The monoisotopic (exact) mass is 632 g/mol. The van der Waals surface area contributed by atoms with Crippen LogP contribution in [0.3, 0.4) is 0 Å². The zero-order valence-electron chi connectivity index (χ0n) is 23.6. The van der Waals surface area contributed by atoms with E-state index in [1.54, 1.807) is 12.1 Å². The number of benzene rings is 2. The molecule has 5 rings (SSSR count). The van der Waals surface area contributed by atoms with E-state index in [0.717, 1.165) is 31.9 Å². The summed E-state index contributed by atoms with van der Waals surface area (Å²) >= 11 is 0. The number of aromatic nitrogens is 2. The highest BCUT2D eigenvalue weighted by atomic mass is 32.2. The van der Waals surface area contributed by atoms with Gasteiger partial charge in [-0.2, -0.15) is 0 Å². The van der Waals surface area contributed by atoms with Crippen LogP contribution < -0.4 is 5.32 Å². The first-order chi connectivity index (χ1) is 19.6. The predicted molar refractivity (Wildman–Crippen MR) is 161 cm³/mol. The van der Waals surface area contributed by atoms with E-state index >= 15 is 0 Å². The molecular weight excluding hydrogens is 601 g/mol. The van der Waals surface area contributed by atoms with Crippen LogP contribution in [0.2, 0.25) is 0 Å². The summed E-state index contributed by atoms with van der Waals surface area (Å²) in [6.07, 6.45) is 4.83. The molecule has 1 aliphatic rings. The minimum atomic E-state index is -4.02. The number of carbonyl (C=O) groups is 1. The lowest BCUT2D eigenvalue weighted by molar-refractivity contribution is 0.0909. The second-order valence-electron chi connectivity index (χ2n) is 10.8. The van der Waals surface area contributed by atoms with Crippen molar-refractivity contribution >= 4 is 57.4 Å². The Balaban J connectivity index is 1.87. The Morgan fingerprint density at radius 2 is 1.79 bits per heavy atom. The van der Waals surface area contributed by atoms with Crippen LogP contribution in [-0.2, 0) is 29.5 Å². The maximum atomic E-state index is 13.8. The Hall–Kier alpha value is -3.33. The fourth-order valence-corrected chi connectivity index (χ4v) is 8.05. The minimum absolute atomic E-state index is 0.0638. The summed E-state index contributed by atoms with van der Waals surface area (Å²) in [6, 6.07) is 8.82. The van der Waals surface area contributed by atoms with Gasteiger partial charge in [-0.15, -0.1) is 0 Å². The molecule has 1 unspecified atom stereocenters. The standard InChI is InChI=1S/C28H32N4O7S3/c1-5-42(38,39)19-10-6-8-17(12-19)21-14-23(28(33)30-18-9-7-11-32(2)16-18)26(41(4,36)37)25-24(21)22-13-20(40(3,34)35)15-29-27(22)31-25/h6,8,10,12-15,18H,5,7,9,11,16H2,1-4H3,(H,29,31)(H,30,33). The molecule has 0 saturated carbocycles. The molecule has 14 heteroatoms. The van der Waals surface area contributed by atoms with Gasteiger partial charge in [-0.3, -0.25) is 4.79 Å². The molecule has 4 aromatic rings. The van der Waals surface area contributed by atoms with Gasteiger partial charge in [-0.1, -0.05) is 19.1 Å². The Kier molecular flexibility index (Phi) is 7.71. The molecule has 0 aliphatic carbocycles. The lowest BCUT2D eigenvalue weighted by Gasteiger charge is -2.30. The highest BCUT2D eigenvalue weighted by Crippen LogP contribution is 2.40. The number of aromatic amines is 1. The lowest BCUT2D eigenvalue weighted by atomic mass is 9.96. The lowest BCUT2D eigenvalue weighted by Crippen LogP contribution is -2.46. The van der Waals surface area contributed by atoms with Crippen LogP contribution in [0, 0.1) is 0 Å². The number of likely N-dealkylation sites (tertiary alicyclic amines) is 1. The Labute approximate surface area is 245 Å². The van der Waals surface area contributed by atoms with Gasteiger partial charge in [-0.25, -0.2) is 30.2 Å². The second-order valence-corrected chi connectivity index (χ2v) is 17.0. The molecule has 11 nitrogen and oxygen atoms in total. The summed E-state index contributed by atoms with van der Waals surface area (Å²) in [4.78, 5) is 22.9. The van der Waals surface area contributed by atoms with Crippen LogP contribution >= 0.6 is 0 Å². The van der Waals surface area contributed by atoms with Crippen molar-refractivity contribution in [2.75, 3.05) is 38.4 Å². The first-order valence-corrected chi connectivity index (χ1v) is 18.7. The van der Waals surface area contributed by atoms with E-state index < -0.39 is 35.4 Å². The van der Waals surface area contributed by atoms with E-state index in [9.17, 15) is 30.0 Å². The maximum absolute atomic E-state index is 13.8. The maximum Gasteiger partial charge on any atom is 0.252 e. The Morgan fingerprint density at radius 3 is 2.43 bits per heavy atom. The highest BCUT2D eigenvalue weighted by molar-refractivity contribution is 7.91. The van der Waals surface area contributed by atoms with Crippen molar-refractivity contribution < 1.29 is 30.0 Å². The van der Waals surface area contributed by atoms with Crippen molar-refractivity contribution in [3.8, 4) is 11.1 Å². The Bertz CT molecular complexity index is 2070. The average molecular weight is 633 g/mol. The number of nitrogens with one attached hydrogen (secondary N) is 2. The van der Waals surface area contributed by atoms with Gasteiger partial charge in [0.05, 0.1) is 26.6 Å². The van der Waals surface area contributed by atoms with Crippen molar-refractivity contribution in [3.63, 3.8) is 0 Å². The number of hydrogen-bond acceptors (Lipinski definition) is 9. The SMILES string of the molecule is CCS(=O)(=O)c1cccc(-c2cc(C(=O)NC3CCCN(C)C3)c(S(C)(=O)=O)c3[nH]c4ncc(S(C)(=O)=O)cc4c23)c1. The van der Waals surface area contributed by atoms with Crippen LogP contribution in [0.1, 0.15) is 30.1 Å². The zero-order chi connectivity index (χ0) is 30.6. The number of piperidine rings is 1. The van der Waals surface area contributed by atoms with Gasteiger partial charge in [-0.05, 0) is 61.8 Å². The summed E-state index contributed by atoms with van der Waals surface area (Å²) in [5, 5.41) is 3.61. The molecule has 1 atom stereocenters. The molecule has 1 fully saturated rings. The molecule has 224 valence electrons. The smallest absolute Gasteiger partial charge is 0.252 e. The van der Waals surface area contributed by atoms with E-state index in [-0.39, 0.29) is 43.2 Å². The number of fused-ring (bicyclic) bond motifs is 3. The molecule has 1 aliphatic heterocycles. The molecule has 0 bridgehead atoms. The van der Waals surface area contributed by atoms with E-state index in [4.69, 9.17) is 0 Å². The molecule has 3 heterocycles. The molecular formula is C28H32N4O7S3. The number of sulfone groups is 3. The van der Waals surface area contributed by atoms with Gasteiger partial charge in [0.25, 0.3) is 5.91 Å². The van der Waals surface area contributed by atoms with Gasteiger partial charge >= 0.3 is 0 Å². The van der Waals surface area contributed by atoms with Gasteiger partial charge in [0.15, 0.2) is 29.5 Å². The molecule has 0 radical (unpaired) electrons. The highest BCUT2D eigenvalue weighted by Gasteiger charge is 2.30. The molecule has 2 N–H and O–H groups in total. The number of likely N-dealkylation sites (N-methyl/N-ethyl adjacent to an activating group) is 1. The van der Waals surface area contributed by atoms with Crippen molar-refractivity contribution in [1.82, 2.24) is 20.2 Å². The van der Waals surface area contributed by atoms with Crippen LogP contribution in [0.4, 0.5) is 0 Å². The molecule has 2 aromatic heterocycles. The van der Waals surface area contributed by atoms with Crippen molar-refractivity contribution in [2.24, 2.45) is 0 Å². The van der Waals surface area contributed by atoms with Crippen LogP contribution in [0.5, 0.6) is 0 Å². The fraction of sp³-hybridized carbons (Fsp3) is 0.357. The number of hydrogen-bond donors (Lipinski definition) is 2. The number of amides is 1. The normalized spacial score (nSPS) is 17.1. The van der Waals surface area contributed by atoms with Gasteiger partial charge in [0.1, 0.15) is 10.5 Å². The fourth-order valence-electron chi connectivity index (χ4n) is 5.47. The zero-order valence-corrected chi connectivity index (χ0v) is 26.1. The predicted octanol–water partition coefficient (Wildman–Crippen LogP) is 2.81. The number of rotatable bonds is 7. The Morgan fingerprint density at radius 1 is 1.05 bits per heavy atom. The second kappa shape index (κ2) is 10.7. The molecule has 42 heavy (non-hydrogen) atoms. The molecule has 2 aromatic carbocycles. The van der Waals surface area contributed by atoms with E-state index in [0.29, 0.717) is 28.4 Å². The van der Waals surface area contributed by atoms with Gasteiger partial charge in [0, 0.05) is 42.1 Å². The number of H-pyrrole nitrogens is 1. The average Bonchev–Trinajstić information content (AvgIpc) is 3.29. The van der Waals surface area contributed by atoms with Crippen molar-refractivity contribution in [1.29, 1.82) is 0 Å². The van der Waals surface area contributed by atoms with E-state index in [1.165, 1.54) is 37.4 Å². The van der Waals surface area contributed by atoms with E-state index in [1.807, 2.05) is 7.05 Å². The first kappa shape index (κ1) is 30.1. The van der Waals surface area contributed by atoms with Crippen LogP contribution in [-0.4, -0.2) is 90.5 Å². The minimum Gasteiger partial charge on any atom is -0.348 e. The third-order valence-corrected chi connectivity index (χ3v) is 11.5. The summed E-state index contributed by atoms with van der Waals surface area (Å²) in [5.74, 6) is -0.712. The number of carbonyl (C=O) groups excluding carboxylic acids is 1. The number of pyridine rings is 1. The summed E-state index contributed by atoms with van der Waals surface area (Å²) in [7, 11) is -9.34. The first-order valence-electron chi connectivity index (χ1n) is 13.3. The molecule has 1 amide bonds. The molecule has 0 spiro atoms. The van der Waals surface area contributed by atoms with Gasteiger partial charge < -0.3 is 15.2 Å². The van der Waals surface area contributed by atoms with Crippen LogP contribution in [0.25, 0.3) is 33.1 Å². The topological polar surface area (TPSA) is 163 Å². The van der Waals surface area contributed by atoms with E-state index in [2.05, 4.69) is 20.2 Å². The quantitative estimate of drug-likeness (QED) is 0.312. The van der Waals surface area contributed by atoms with Crippen LogP contribution in [0.15, 0.2) is 57.3 Å². The van der Waals surface area contributed by atoms with Crippen molar-refractivity contribution in [3.05, 3.63) is 48.2 Å². The van der Waals surface area contributed by atoms with Crippen molar-refractivity contribution in [2.45, 2.75) is 40.5 Å². The third kappa shape index (κ3) is 5.68. The summed E-state index contributed by atoms with van der Waals surface area (Å²) < 4.78 is 76.8.